The Morgan fingerprint density at radius 2 is 1.68 bits per heavy atom. The van der Waals surface area contributed by atoms with E-state index in [1.807, 2.05) is 42.5 Å². The average molecular weight is 461 g/mol. The molecule has 2 bridgehead atoms. The minimum atomic E-state index is 0.155. The van der Waals surface area contributed by atoms with Crippen molar-refractivity contribution in [3.8, 4) is 17.6 Å². The number of rotatable bonds is 8. The van der Waals surface area contributed by atoms with Gasteiger partial charge in [0.2, 0.25) is 0 Å². The second-order valence-corrected chi connectivity index (χ2v) is 9.67. The predicted octanol–water partition coefficient (Wildman–Crippen LogP) is 3.27. The number of carbonyl (C=O) groups is 1. The van der Waals surface area contributed by atoms with Crippen molar-refractivity contribution in [3.05, 3.63) is 53.6 Å². The lowest BCUT2D eigenvalue weighted by Gasteiger charge is -2.45. The molecule has 7 heteroatoms. The first-order chi connectivity index (χ1) is 16.7. The van der Waals surface area contributed by atoms with Crippen LogP contribution in [0.2, 0.25) is 0 Å². The Labute approximate surface area is 201 Å². The molecule has 34 heavy (non-hydrogen) atoms. The molecule has 2 aromatic carbocycles. The van der Waals surface area contributed by atoms with Gasteiger partial charge < -0.3 is 19.7 Å². The van der Waals surface area contributed by atoms with Crippen LogP contribution in [0.25, 0.3) is 0 Å². The molecule has 0 radical (unpaired) electrons. The largest absolute Gasteiger partial charge is 0.486 e. The van der Waals surface area contributed by atoms with Gasteiger partial charge in [0.1, 0.15) is 13.2 Å². The Balaban J connectivity index is 1.06. The molecule has 2 atom stereocenters. The molecule has 178 valence electrons. The molecule has 3 heterocycles. The van der Waals surface area contributed by atoms with Crippen LogP contribution in [0.5, 0.6) is 11.5 Å². The van der Waals surface area contributed by atoms with E-state index in [4.69, 9.17) is 14.7 Å². The maximum absolute atomic E-state index is 12.9. The van der Waals surface area contributed by atoms with Crippen molar-refractivity contribution in [2.24, 2.45) is 11.8 Å². The topological polar surface area (TPSA) is 77.8 Å². The van der Waals surface area contributed by atoms with E-state index < -0.39 is 0 Å². The van der Waals surface area contributed by atoms with Crippen LogP contribution in [-0.2, 0) is 0 Å². The number of fused-ring (bicyclic) bond motifs is 3. The second kappa shape index (κ2) is 10.5. The zero-order chi connectivity index (χ0) is 23.3. The Kier molecular flexibility index (Phi) is 6.98. The first-order valence-corrected chi connectivity index (χ1v) is 12.3. The first kappa shape index (κ1) is 22.7. The molecule has 2 aromatic rings. The third kappa shape index (κ3) is 5.52. The number of Topliss-reactive ketones (excluding diaryl/α,β-unsaturated/α-hetero) is 1. The average Bonchev–Trinajstić information content (AvgIpc) is 2.86. The van der Waals surface area contributed by atoms with Gasteiger partial charge in [0.15, 0.2) is 17.3 Å². The number of hydrogen-bond donors (Lipinski definition) is 1. The number of anilines is 1. The summed E-state index contributed by atoms with van der Waals surface area (Å²) >= 11 is 0. The van der Waals surface area contributed by atoms with Crippen LogP contribution in [0.4, 0.5) is 5.69 Å². The molecule has 0 saturated carbocycles. The molecule has 0 aliphatic carbocycles. The van der Waals surface area contributed by atoms with Crippen LogP contribution in [-0.4, -0.2) is 74.6 Å². The molecule has 7 nitrogen and oxygen atoms in total. The van der Waals surface area contributed by atoms with Gasteiger partial charge in [-0.15, -0.1) is 0 Å². The summed E-state index contributed by atoms with van der Waals surface area (Å²) in [6.07, 6.45) is 2.36. The maximum Gasteiger partial charge on any atom is 0.176 e. The van der Waals surface area contributed by atoms with Crippen molar-refractivity contribution in [3.63, 3.8) is 0 Å². The lowest BCUT2D eigenvalue weighted by Crippen LogP contribution is -2.53. The molecule has 0 amide bonds. The number of nitrogens with one attached hydrogen (secondary N) is 1. The Bertz CT molecular complexity index is 1030. The number of benzene rings is 2. The van der Waals surface area contributed by atoms with Crippen LogP contribution in [0.15, 0.2) is 42.5 Å². The number of ether oxygens (including phenoxy) is 2. The Morgan fingerprint density at radius 1 is 0.971 bits per heavy atom. The van der Waals surface area contributed by atoms with Gasteiger partial charge in [0.25, 0.3) is 0 Å². The highest BCUT2D eigenvalue weighted by Gasteiger charge is 2.34. The summed E-state index contributed by atoms with van der Waals surface area (Å²) in [5.74, 6) is 2.82. The van der Waals surface area contributed by atoms with E-state index >= 15 is 0 Å². The smallest absolute Gasteiger partial charge is 0.176 e. The van der Waals surface area contributed by atoms with Crippen LogP contribution in [0, 0.1) is 23.2 Å². The summed E-state index contributed by atoms with van der Waals surface area (Å²) in [4.78, 5) is 17.9. The lowest BCUT2D eigenvalue weighted by molar-refractivity contribution is 0.0311. The fourth-order valence-corrected chi connectivity index (χ4v) is 5.52. The summed E-state index contributed by atoms with van der Waals surface area (Å²) < 4.78 is 11.2. The van der Waals surface area contributed by atoms with E-state index in [0.29, 0.717) is 48.5 Å². The number of nitrogens with zero attached hydrogens (tertiary/aromatic N) is 3. The van der Waals surface area contributed by atoms with Crippen molar-refractivity contribution >= 4 is 11.5 Å². The molecule has 1 N–H and O–H groups in total. The number of likely N-dealkylation sites (tertiary alicyclic amines) is 2. The van der Waals surface area contributed by atoms with Gasteiger partial charge in [-0.3, -0.25) is 9.69 Å². The molecule has 3 aliphatic heterocycles. The number of carbonyl (C=O) groups excluding carboxylic acids is 1. The van der Waals surface area contributed by atoms with Crippen molar-refractivity contribution in [1.82, 2.24) is 9.80 Å². The summed E-state index contributed by atoms with van der Waals surface area (Å²) in [6.45, 7) is 7.79. The molecule has 2 saturated heterocycles. The zero-order valence-corrected chi connectivity index (χ0v) is 19.5. The monoisotopic (exact) mass is 460 g/mol. The van der Waals surface area contributed by atoms with Crippen LogP contribution < -0.4 is 14.8 Å². The summed E-state index contributed by atoms with van der Waals surface area (Å²) in [5.41, 5.74) is 2.46. The molecule has 2 fully saturated rings. The molecule has 3 aliphatic rings. The minimum absolute atomic E-state index is 0.155. The molecule has 0 spiro atoms. The second-order valence-electron chi connectivity index (χ2n) is 9.67. The van der Waals surface area contributed by atoms with Crippen molar-refractivity contribution in [2.75, 3.05) is 64.3 Å². The number of nitriles is 1. The van der Waals surface area contributed by atoms with Gasteiger partial charge in [-0.25, -0.2) is 0 Å². The molecule has 2 unspecified atom stereocenters. The van der Waals surface area contributed by atoms with Gasteiger partial charge >= 0.3 is 0 Å². The Morgan fingerprint density at radius 3 is 2.41 bits per heavy atom. The normalized spacial score (nSPS) is 22.1. The van der Waals surface area contributed by atoms with Crippen molar-refractivity contribution < 1.29 is 14.3 Å². The Hall–Kier alpha value is -3.08. The molecule has 5 rings (SSSR count). The summed E-state index contributed by atoms with van der Waals surface area (Å²) in [7, 11) is 0. The van der Waals surface area contributed by atoms with E-state index in [2.05, 4.69) is 21.2 Å². The highest BCUT2D eigenvalue weighted by atomic mass is 16.6. The molecular formula is C27H32N4O3. The van der Waals surface area contributed by atoms with Gasteiger partial charge in [0.05, 0.1) is 18.2 Å². The highest BCUT2D eigenvalue weighted by molar-refractivity contribution is 5.98. The number of hydrogen-bond acceptors (Lipinski definition) is 7. The third-order valence-electron chi connectivity index (χ3n) is 6.96. The maximum atomic E-state index is 12.9. The fraction of sp³-hybridized carbons (Fsp3) is 0.481. The third-order valence-corrected chi connectivity index (χ3v) is 6.96. The van der Waals surface area contributed by atoms with E-state index in [1.54, 1.807) is 0 Å². The standard InChI is InChI=1S/C27H32N4O3/c28-14-20-2-5-24(6-3-20)29-8-1-9-30-15-21-12-22(16-30)18-31(17-21)19-25(32)23-4-7-26-27(13-23)34-11-10-33-26/h2-7,13,21-22,29H,1,8-12,15-19H2. The highest BCUT2D eigenvalue weighted by Crippen LogP contribution is 2.32. The van der Waals surface area contributed by atoms with E-state index in [-0.39, 0.29) is 5.78 Å². The van der Waals surface area contributed by atoms with E-state index in [0.717, 1.165) is 57.1 Å². The molecule has 0 aromatic heterocycles. The zero-order valence-electron chi connectivity index (χ0n) is 19.5. The first-order valence-electron chi connectivity index (χ1n) is 12.3. The van der Waals surface area contributed by atoms with Gasteiger partial charge in [-0.2, -0.15) is 5.26 Å². The molecular weight excluding hydrogens is 428 g/mol. The predicted molar refractivity (Wildman–Crippen MR) is 131 cm³/mol. The SMILES string of the molecule is N#Cc1ccc(NCCCN2CC3CC(C2)CN(CC(=O)c2ccc4c(c2)OCCO4)C3)cc1. The number of piperidine rings is 2. The van der Waals surface area contributed by atoms with Gasteiger partial charge in [-0.05, 0) is 73.7 Å². The van der Waals surface area contributed by atoms with Crippen molar-refractivity contribution in [2.45, 2.75) is 12.8 Å². The van der Waals surface area contributed by atoms with E-state index in [9.17, 15) is 4.79 Å². The summed E-state index contributed by atoms with van der Waals surface area (Å²) in [5, 5.41) is 12.4. The van der Waals surface area contributed by atoms with Crippen molar-refractivity contribution in [1.29, 1.82) is 5.26 Å². The quantitative estimate of drug-likeness (QED) is 0.479. The lowest BCUT2D eigenvalue weighted by atomic mass is 9.84. The van der Waals surface area contributed by atoms with E-state index in [1.165, 1.54) is 6.42 Å². The summed E-state index contributed by atoms with van der Waals surface area (Å²) in [6, 6.07) is 15.3. The fourth-order valence-electron chi connectivity index (χ4n) is 5.52. The number of ketones is 1. The van der Waals surface area contributed by atoms with Crippen LogP contribution >= 0.6 is 0 Å². The van der Waals surface area contributed by atoms with Crippen LogP contribution in [0.1, 0.15) is 28.8 Å². The van der Waals surface area contributed by atoms with Gasteiger partial charge in [0, 0.05) is 44.0 Å². The van der Waals surface area contributed by atoms with Gasteiger partial charge in [-0.1, -0.05) is 0 Å². The minimum Gasteiger partial charge on any atom is -0.486 e. The van der Waals surface area contributed by atoms with Crippen LogP contribution in [0.3, 0.4) is 0 Å².